The lowest BCUT2D eigenvalue weighted by Gasteiger charge is -2.31. The fourth-order valence-electron chi connectivity index (χ4n) is 2.07. The van der Waals surface area contributed by atoms with Crippen molar-refractivity contribution in [1.29, 1.82) is 0 Å². The molecule has 0 spiro atoms. The Kier molecular flexibility index (Phi) is 7.97. The van der Waals surface area contributed by atoms with E-state index in [1.165, 1.54) is 0 Å². The van der Waals surface area contributed by atoms with E-state index >= 15 is 0 Å². The summed E-state index contributed by atoms with van der Waals surface area (Å²) in [5.74, 6) is -0.637. The van der Waals surface area contributed by atoms with Crippen LogP contribution >= 0.6 is 0 Å². The van der Waals surface area contributed by atoms with Gasteiger partial charge in [0.15, 0.2) is 0 Å². The number of carbonyl (C=O) groups excluding carboxylic acids is 1. The van der Waals surface area contributed by atoms with Crippen LogP contribution < -0.4 is 5.32 Å². The van der Waals surface area contributed by atoms with E-state index in [9.17, 15) is 18.3 Å². The molecule has 1 unspecified atom stereocenters. The smallest absolute Gasteiger partial charge is 0.267 e. The maximum Gasteiger partial charge on any atom is 0.267 e. The Morgan fingerprint density at radius 1 is 1.32 bits per heavy atom. The van der Waals surface area contributed by atoms with Gasteiger partial charge in [-0.2, -0.15) is 8.42 Å². The van der Waals surface area contributed by atoms with Crippen molar-refractivity contribution in [3.63, 3.8) is 0 Å². The van der Waals surface area contributed by atoms with E-state index in [0.29, 0.717) is 17.6 Å². The molecule has 0 radical (unpaired) electrons. The Morgan fingerprint density at radius 2 is 1.86 bits per heavy atom. The van der Waals surface area contributed by atoms with E-state index in [-0.39, 0.29) is 17.9 Å². The van der Waals surface area contributed by atoms with Gasteiger partial charge in [0.05, 0.1) is 20.6 Å². The van der Waals surface area contributed by atoms with Gasteiger partial charge in [0, 0.05) is 18.4 Å². The molecule has 3 N–H and O–H groups in total. The molecule has 0 aromatic carbocycles. The minimum absolute atomic E-state index is 0.0201. The van der Waals surface area contributed by atoms with E-state index < -0.39 is 22.0 Å². The van der Waals surface area contributed by atoms with Crippen LogP contribution in [0.1, 0.15) is 33.6 Å². The quantitative estimate of drug-likeness (QED) is 0.301. The van der Waals surface area contributed by atoms with Crippen molar-refractivity contribution in [2.45, 2.75) is 39.7 Å². The minimum Gasteiger partial charge on any atom is -0.386 e. The van der Waals surface area contributed by atoms with Crippen LogP contribution in [0.2, 0.25) is 0 Å². The third-order valence-corrected chi connectivity index (χ3v) is 4.64. The number of likely N-dealkylation sites (N-methyl/N-ethyl adjacent to an activating group) is 1. The molecule has 132 valence electrons. The van der Waals surface area contributed by atoms with Crippen LogP contribution in [-0.4, -0.2) is 74.1 Å². The van der Waals surface area contributed by atoms with Crippen LogP contribution in [0.15, 0.2) is 0 Å². The minimum atomic E-state index is -4.17. The highest BCUT2D eigenvalue weighted by atomic mass is 32.2. The summed E-state index contributed by atoms with van der Waals surface area (Å²) in [4.78, 5) is 11.9. The molecule has 0 aromatic rings. The predicted octanol–water partition coefficient (Wildman–Crippen LogP) is 0.254. The number of rotatable bonds is 10. The van der Waals surface area contributed by atoms with E-state index in [1.54, 1.807) is 0 Å². The summed E-state index contributed by atoms with van der Waals surface area (Å²) in [5, 5.41) is 12.6. The molecule has 0 saturated heterocycles. The maximum atomic E-state index is 11.9. The summed E-state index contributed by atoms with van der Waals surface area (Å²) in [5.41, 5.74) is -0.379. The molecular formula is C14H31N2O5S+. The normalized spacial score (nSPS) is 14.7. The number of nitrogens with zero attached hydrogens (tertiary/aromatic N) is 1. The van der Waals surface area contributed by atoms with Gasteiger partial charge in [-0.15, -0.1) is 0 Å². The average Bonchev–Trinajstić information content (AvgIpc) is 2.30. The molecule has 0 bridgehead atoms. The molecule has 22 heavy (non-hydrogen) atoms. The lowest BCUT2D eigenvalue weighted by atomic mass is 9.89. The van der Waals surface area contributed by atoms with E-state index in [4.69, 9.17) is 4.55 Å². The van der Waals surface area contributed by atoms with Crippen molar-refractivity contribution in [3.8, 4) is 0 Å². The number of hydrogen-bond donors (Lipinski definition) is 3. The Balaban J connectivity index is 4.16. The van der Waals surface area contributed by atoms with Crippen molar-refractivity contribution in [1.82, 2.24) is 5.32 Å². The molecule has 0 aliphatic heterocycles. The van der Waals surface area contributed by atoms with Crippen molar-refractivity contribution in [3.05, 3.63) is 0 Å². The zero-order valence-electron chi connectivity index (χ0n) is 14.3. The zero-order valence-corrected chi connectivity index (χ0v) is 15.1. The Labute approximate surface area is 134 Å². The van der Waals surface area contributed by atoms with Crippen LogP contribution in [0.3, 0.4) is 0 Å². The van der Waals surface area contributed by atoms with Gasteiger partial charge in [0.2, 0.25) is 5.91 Å². The Morgan fingerprint density at radius 3 is 2.32 bits per heavy atom. The third-order valence-electron chi connectivity index (χ3n) is 3.83. The SMILES string of the molecule is CCC(C)(C)C(=O)NCCC[N+](C)(C)CC(O)CS(=O)(=O)O. The van der Waals surface area contributed by atoms with Crippen LogP contribution in [-0.2, 0) is 14.9 Å². The zero-order chi connectivity index (χ0) is 17.6. The second kappa shape index (κ2) is 8.24. The fraction of sp³-hybridized carbons (Fsp3) is 0.929. The standard InChI is InChI=1S/C14H30N2O5S/c1-6-14(2,3)13(18)15-8-7-9-16(4,5)10-12(17)11-22(19,20)21/h12,17H,6-11H2,1-5H3,(H-,15,18,19,20,21)/p+1. The highest BCUT2D eigenvalue weighted by Gasteiger charge is 2.26. The number of aliphatic hydroxyl groups excluding tert-OH is 1. The molecule has 0 aromatic heterocycles. The first-order valence-corrected chi connectivity index (χ1v) is 9.13. The summed E-state index contributed by atoms with van der Waals surface area (Å²) in [6.45, 7) is 7.19. The molecule has 1 amide bonds. The summed E-state index contributed by atoms with van der Waals surface area (Å²) in [6, 6.07) is 0. The van der Waals surface area contributed by atoms with Crippen LogP contribution in [0.4, 0.5) is 0 Å². The van der Waals surface area contributed by atoms with Gasteiger partial charge in [0.1, 0.15) is 18.4 Å². The van der Waals surface area contributed by atoms with Gasteiger partial charge < -0.3 is 14.9 Å². The third kappa shape index (κ3) is 9.34. The van der Waals surface area contributed by atoms with Crippen molar-refractivity contribution in [2.75, 3.05) is 39.5 Å². The van der Waals surface area contributed by atoms with E-state index in [0.717, 1.165) is 12.8 Å². The monoisotopic (exact) mass is 339 g/mol. The molecule has 0 saturated carbocycles. The second-order valence-electron chi connectivity index (χ2n) is 7.09. The molecule has 8 heteroatoms. The van der Waals surface area contributed by atoms with Crippen LogP contribution in [0.5, 0.6) is 0 Å². The summed E-state index contributed by atoms with van der Waals surface area (Å²) in [6.07, 6.45) is 0.373. The highest BCUT2D eigenvalue weighted by molar-refractivity contribution is 7.85. The molecule has 0 aliphatic rings. The van der Waals surface area contributed by atoms with Gasteiger partial charge in [-0.25, -0.2) is 0 Å². The lowest BCUT2D eigenvalue weighted by Crippen LogP contribution is -2.48. The van der Waals surface area contributed by atoms with Gasteiger partial charge in [-0.1, -0.05) is 20.8 Å². The van der Waals surface area contributed by atoms with Crippen molar-refractivity contribution >= 4 is 16.0 Å². The van der Waals surface area contributed by atoms with Crippen molar-refractivity contribution in [2.24, 2.45) is 5.41 Å². The summed E-state index contributed by atoms with van der Waals surface area (Å²) < 4.78 is 30.6. The van der Waals surface area contributed by atoms with E-state index in [2.05, 4.69) is 5.32 Å². The Hall–Kier alpha value is -0.700. The fourth-order valence-corrected chi connectivity index (χ4v) is 2.66. The van der Waals surface area contributed by atoms with Gasteiger partial charge in [-0.05, 0) is 6.42 Å². The Bertz CT molecular complexity index is 460. The molecule has 0 aliphatic carbocycles. The predicted molar refractivity (Wildman–Crippen MR) is 86.0 cm³/mol. The highest BCUT2D eigenvalue weighted by Crippen LogP contribution is 2.19. The summed E-state index contributed by atoms with van der Waals surface area (Å²) >= 11 is 0. The number of carbonyl (C=O) groups is 1. The number of hydrogen-bond acceptors (Lipinski definition) is 4. The topological polar surface area (TPSA) is 104 Å². The second-order valence-corrected chi connectivity index (χ2v) is 8.59. The molecule has 0 fully saturated rings. The number of amides is 1. The molecule has 0 heterocycles. The number of nitrogens with one attached hydrogen (secondary N) is 1. The maximum absolute atomic E-state index is 11.9. The molecule has 7 nitrogen and oxygen atoms in total. The summed E-state index contributed by atoms with van der Waals surface area (Å²) in [7, 11) is -0.436. The number of aliphatic hydroxyl groups is 1. The first-order chi connectivity index (χ1) is 9.79. The largest absolute Gasteiger partial charge is 0.386 e. The first-order valence-electron chi connectivity index (χ1n) is 7.52. The van der Waals surface area contributed by atoms with Gasteiger partial charge >= 0.3 is 0 Å². The van der Waals surface area contributed by atoms with Crippen LogP contribution in [0.25, 0.3) is 0 Å². The average molecular weight is 339 g/mol. The van der Waals surface area contributed by atoms with Gasteiger partial charge in [-0.3, -0.25) is 9.35 Å². The lowest BCUT2D eigenvalue weighted by molar-refractivity contribution is -0.893. The van der Waals surface area contributed by atoms with Gasteiger partial charge in [0.25, 0.3) is 10.1 Å². The first kappa shape index (κ1) is 21.3. The molecular weight excluding hydrogens is 308 g/mol. The molecule has 1 atom stereocenters. The van der Waals surface area contributed by atoms with Crippen molar-refractivity contribution < 1.29 is 27.4 Å². The van der Waals surface area contributed by atoms with E-state index in [1.807, 2.05) is 34.9 Å². The molecule has 0 rings (SSSR count). The van der Waals surface area contributed by atoms with Crippen LogP contribution in [0, 0.1) is 5.41 Å². The number of quaternary nitrogens is 1.